The summed E-state index contributed by atoms with van der Waals surface area (Å²) in [6, 6.07) is 7.99. The van der Waals surface area contributed by atoms with Crippen LogP contribution < -0.4 is 0 Å². The third kappa shape index (κ3) is 2.74. The van der Waals surface area contributed by atoms with E-state index >= 15 is 0 Å². The van der Waals surface area contributed by atoms with Crippen LogP contribution in [0, 0.1) is 19.3 Å². The highest BCUT2D eigenvalue weighted by Gasteiger charge is 2.10. The monoisotopic (exact) mass is 186 g/mol. The summed E-state index contributed by atoms with van der Waals surface area (Å²) in [5.41, 5.74) is 2.23. The van der Waals surface area contributed by atoms with Gasteiger partial charge in [-0.25, -0.2) is 0 Å². The maximum atomic E-state index is 11.0. The molecule has 0 bridgehead atoms. The van der Waals surface area contributed by atoms with Gasteiger partial charge in [-0.1, -0.05) is 35.7 Å². The van der Waals surface area contributed by atoms with Gasteiger partial charge >= 0.3 is 0 Å². The summed E-state index contributed by atoms with van der Waals surface area (Å²) in [4.78, 5) is 11.0. The summed E-state index contributed by atoms with van der Waals surface area (Å²) >= 11 is 0. The maximum absolute atomic E-state index is 11.0. The molecule has 0 aliphatic rings. The van der Waals surface area contributed by atoms with Crippen LogP contribution in [0.25, 0.3) is 0 Å². The number of rotatable bonds is 3. The molecule has 0 saturated heterocycles. The van der Waals surface area contributed by atoms with E-state index in [1.807, 2.05) is 31.2 Å². The summed E-state index contributed by atoms with van der Waals surface area (Å²) in [6.07, 6.45) is 5.83. The lowest BCUT2D eigenvalue weighted by atomic mass is 9.94. The van der Waals surface area contributed by atoms with Crippen molar-refractivity contribution in [2.45, 2.75) is 26.2 Å². The molecule has 1 atom stereocenters. The number of ketones is 1. The Hall–Kier alpha value is -1.55. The molecule has 1 aromatic carbocycles. The van der Waals surface area contributed by atoms with Crippen LogP contribution in [0.5, 0.6) is 0 Å². The standard InChI is InChI=1S/C13H14O/c1-4-12(9-11(3)14)13-7-5-6-10(2)8-13/h1,5-8,12H,9H2,2-3H3. The molecule has 1 heteroatoms. The Morgan fingerprint density at radius 1 is 1.57 bits per heavy atom. The first-order valence-corrected chi connectivity index (χ1v) is 4.65. The van der Waals surface area contributed by atoms with Crippen LogP contribution in [0.15, 0.2) is 24.3 Å². The predicted octanol–water partition coefficient (Wildman–Crippen LogP) is 2.69. The van der Waals surface area contributed by atoms with Gasteiger partial charge in [0.2, 0.25) is 0 Å². The molecule has 0 aliphatic heterocycles. The number of aryl methyl sites for hydroxylation is 1. The largest absolute Gasteiger partial charge is 0.300 e. The predicted molar refractivity (Wildman–Crippen MR) is 58.1 cm³/mol. The second-order valence-corrected chi connectivity index (χ2v) is 3.54. The quantitative estimate of drug-likeness (QED) is 0.663. The van der Waals surface area contributed by atoms with Crippen molar-refractivity contribution in [1.29, 1.82) is 0 Å². The summed E-state index contributed by atoms with van der Waals surface area (Å²) in [5, 5.41) is 0. The number of terminal acetylenes is 1. The molecular formula is C13H14O. The molecule has 0 N–H and O–H groups in total. The SMILES string of the molecule is C#CC(CC(C)=O)c1cccc(C)c1. The Bertz CT molecular complexity index is 371. The molecule has 0 spiro atoms. The summed E-state index contributed by atoms with van der Waals surface area (Å²) in [7, 11) is 0. The van der Waals surface area contributed by atoms with Crippen LogP contribution in [0.4, 0.5) is 0 Å². The molecule has 0 aliphatic carbocycles. The van der Waals surface area contributed by atoms with Crippen LogP contribution in [0.1, 0.15) is 30.4 Å². The Morgan fingerprint density at radius 2 is 2.29 bits per heavy atom. The van der Waals surface area contributed by atoms with Gasteiger partial charge in [-0.2, -0.15) is 0 Å². The molecule has 1 nitrogen and oxygen atoms in total. The molecule has 0 saturated carbocycles. The highest BCUT2D eigenvalue weighted by atomic mass is 16.1. The number of carbonyl (C=O) groups excluding carboxylic acids is 1. The van der Waals surface area contributed by atoms with E-state index in [1.165, 1.54) is 5.56 Å². The molecular weight excluding hydrogens is 172 g/mol. The van der Waals surface area contributed by atoms with Crippen molar-refractivity contribution in [3.63, 3.8) is 0 Å². The molecule has 0 radical (unpaired) electrons. The second kappa shape index (κ2) is 4.62. The zero-order chi connectivity index (χ0) is 10.6. The second-order valence-electron chi connectivity index (χ2n) is 3.54. The maximum Gasteiger partial charge on any atom is 0.131 e. The first-order valence-electron chi connectivity index (χ1n) is 4.65. The average molecular weight is 186 g/mol. The molecule has 0 fully saturated rings. The normalized spacial score (nSPS) is 11.8. The van der Waals surface area contributed by atoms with Crippen molar-refractivity contribution in [3.05, 3.63) is 35.4 Å². The van der Waals surface area contributed by atoms with Crippen LogP contribution in [-0.4, -0.2) is 5.78 Å². The lowest BCUT2D eigenvalue weighted by molar-refractivity contribution is -0.117. The first-order chi connectivity index (χ1) is 6.63. The fourth-order valence-electron chi connectivity index (χ4n) is 1.45. The van der Waals surface area contributed by atoms with E-state index in [0.29, 0.717) is 6.42 Å². The van der Waals surface area contributed by atoms with Crippen LogP contribution in [0.3, 0.4) is 0 Å². The van der Waals surface area contributed by atoms with Crippen LogP contribution in [-0.2, 0) is 4.79 Å². The van der Waals surface area contributed by atoms with Gasteiger partial charge in [-0.3, -0.25) is 4.79 Å². The van der Waals surface area contributed by atoms with Crippen LogP contribution >= 0.6 is 0 Å². The lowest BCUT2D eigenvalue weighted by Crippen LogP contribution is -2.02. The van der Waals surface area contributed by atoms with Gasteiger partial charge in [0.05, 0.1) is 5.92 Å². The van der Waals surface area contributed by atoms with Gasteiger partial charge in [0.25, 0.3) is 0 Å². The number of carbonyl (C=O) groups is 1. The van der Waals surface area contributed by atoms with Crippen molar-refractivity contribution >= 4 is 5.78 Å². The minimum Gasteiger partial charge on any atom is -0.300 e. The molecule has 1 unspecified atom stereocenters. The Kier molecular flexibility index (Phi) is 3.48. The van der Waals surface area contributed by atoms with Gasteiger partial charge in [-0.15, -0.1) is 6.42 Å². The minimum atomic E-state index is -0.0765. The number of Topliss-reactive ketones (excluding diaryl/α,β-unsaturated/α-hetero) is 1. The molecule has 0 amide bonds. The molecule has 0 aromatic heterocycles. The Balaban J connectivity index is 2.90. The smallest absolute Gasteiger partial charge is 0.131 e. The van der Waals surface area contributed by atoms with Crippen molar-refractivity contribution in [1.82, 2.24) is 0 Å². The van der Waals surface area contributed by atoms with Gasteiger partial charge in [0.15, 0.2) is 0 Å². The number of benzene rings is 1. The van der Waals surface area contributed by atoms with E-state index < -0.39 is 0 Å². The number of hydrogen-bond acceptors (Lipinski definition) is 1. The lowest BCUT2D eigenvalue weighted by Gasteiger charge is -2.09. The fourth-order valence-corrected chi connectivity index (χ4v) is 1.45. The van der Waals surface area contributed by atoms with E-state index in [9.17, 15) is 4.79 Å². The summed E-state index contributed by atoms with van der Waals surface area (Å²) < 4.78 is 0. The van der Waals surface area contributed by atoms with E-state index in [-0.39, 0.29) is 11.7 Å². The molecule has 1 rings (SSSR count). The zero-order valence-corrected chi connectivity index (χ0v) is 8.58. The Morgan fingerprint density at radius 3 is 2.79 bits per heavy atom. The van der Waals surface area contributed by atoms with Crippen LogP contribution in [0.2, 0.25) is 0 Å². The van der Waals surface area contributed by atoms with Gasteiger partial charge in [0, 0.05) is 6.42 Å². The van der Waals surface area contributed by atoms with Crippen molar-refractivity contribution in [3.8, 4) is 12.3 Å². The van der Waals surface area contributed by atoms with E-state index in [2.05, 4.69) is 5.92 Å². The van der Waals surface area contributed by atoms with Gasteiger partial charge < -0.3 is 0 Å². The molecule has 0 heterocycles. The summed E-state index contributed by atoms with van der Waals surface area (Å²) in [5.74, 6) is 2.71. The van der Waals surface area contributed by atoms with E-state index in [4.69, 9.17) is 6.42 Å². The first kappa shape index (κ1) is 10.5. The van der Waals surface area contributed by atoms with Crippen molar-refractivity contribution in [2.24, 2.45) is 0 Å². The highest BCUT2D eigenvalue weighted by molar-refractivity contribution is 5.77. The fraction of sp³-hybridized carbons (Fsp3) is 0.308. The van der Waals surface area contributed by atoms with E-state index in [1.54, 1.807) is 6.92 Å². The van der Waals surface area contributed by atoms with Crippen molar-refractivity contribution < 1.29 is 4.79 Å². The molecule has 1 aromatic rings. The Labute approximate surface area is 85.1 Å². The topological polar surface area (TPSA) is 17.1 Å². The third-order valence-corrected chi connectivity index (χ3v) is 2.14. The minimum absolute atomic E-state index is 0.0765. The third-order valence-electron chi connectivity index (χ3n) is 2.14. The van der Waals surface area contributed by atoms with E-state index in [0.717, 1.165) is 5.56 Å². The van der Waals surface area contributed by atoms with Gasteiger partial charge in [0.1, 0.15) is 5.78 Å². The molecule has 14 heavy (non-hydrogen) atoms. The average Bonchev–Trinajstić information content (AvgIpc) is 2.14. The van der Waals surface area contributed by atoms with Gasteiger partial charge in [-0.05, 0) is 19.4 Å². The zero-order valence-electron chi connectivity index (χ0n) is 8.58. The molecule has 72 valence electrons. The highest BCUT2D eigenvalue weighted by Crippen LogP contribution is 2.19. The number of hydrogen-bond donors (Lipinski definition) is 0. The van der Waals surface area contributed by atoms with Crippen molar-refractivity contribution in [2.75, 3.05) is 0 Å². The summed E-state index contributed by atoms with van der Waals surface area (Å²) in [6.45, 7) is 3.59.